The van der Waals surface area contributed by atoms with Gasteiger partial charge in [0.15, 0.2) is 0 Å². The Labute approximate surface area is 476 Å². The van der Waals surface area contributed by atoms with Gasteiger partial charge < -0.3 is 26.9 Å². The van der Waals surface area contributed by atoms with Gasteiger partial charge in [-0.3, -0.25) is 0 Å². The molecule has 0 aromatic heterocycles. The van der Waals surface area contributed by atoms with Crippen molar-refractivity contribution < 1.29 is 61.0 Å². The van der Waals surface area contributed by atoms with Crippen LogP contribution >= 0.6 is 47.7 Å². The van der Waals surface area contributed by atoms with Gasteiger partial charge in [0.1, 0.15) is 6.29 Å². The molecule has 1 N–H and O–H groups in total. The maximum atomic E-state index is 11.3. The fourth-order valence-corrected chi connectivity index (χ4v) is 15.3. The van der Waals surface area contributed by atoms with Gasteiger partial charge in [-0.2, -0.15) is 30.3 Å². The molecule has 68 heavy (non-hydrogen) atoms. The van der Waals surface area contributed by atoms with E-state index < -0.39 is 21.9 Å². The van der Waals surface area contributed by atoms with E-state index in [1.807, 2.05) is 12.1 Å². The van der Waals surface area contributed by atoms with Gasteiger partial charge in [-0.15, -0.1) is 5.30 Å². The third-order valence-electron chi connectivity index (χ3n) is 12.5. The molecule has 4 aliphatic carbocycles. The average molecular weight is 1230 g/mol. The Balaban J connectivity index is 0.000000334. The molecule has 4 fully saturated rings. The minimum atomic E-state index is -0.703. The summed E-state index contributed by atoms with van der Waals surface area (Å²) in [6, 6.07) is 63.0. The van der Waals surface area contributed by atoms with Crippen LogP contribution in [0.25, 0.3) is 0 Å². The van der Waals surface area contributed by atoms with Crippen molar-refractivity contribution in [2.24, 2.45) is 11.8 Å². The Kier molecular flexibility index (Phi) is 34.3. The molecule has 10 rings (SSSR count). The van der Waals surface area contributed by atoms with E-state index in [4.69, 9.17) is 0 Å². The van der Waals surface area contributed by atoms with E-state index in [9.17, 15) is 9.90 Å². The molecule has 5 atom stereocenters. The molecule has 0 amide bonds. The van der Waals surface area contributed by atoms with Gasteiger partial charge in [0, 0.05) is 55.6 Å². The molecule has 2 nitrogen and oxygen atoms in total. The third-order valence-corrected chi connectivity index (χ3v) is 19.7. The van der Waals surface area contributed by atoms with Crippen molar-refractivity contribution in [3.63, 3.8) is 0 Å². The van der Waals surface area contributed by atoms with Crippen LogP contribution in [-0.2, 0) is 38.9 Å². The van der Waals surface area contributed by atoms with E-state index in [1.165, 1.54) is 115 Å². The molecule has 0 spiro atoms. The maximum absolute atomic E-state index is 11.3. The predicted octanol–water partition coefficient (Wildman–Crippen LogP) is 10.6. The SMILES string of the molecule is C1CCCC1.C1CCCC1.O=CC1CCCC1Br.O[C@@H](c1ccccc1P(c1ccccc1)c1ccccc1)C1CCCC1Br.[Br-].[Fe].[Fe].[Mg+2].[c-]1ccccc1P(c1ccccc1)c1ccccc1. The van der Waals surface area contributed by atoms with Gasteiger partial charge >= 0.3 is 23.1 Å². The molecule has 6 aromatic rings. The predicted molar refractivity (Wildman–Crippen MR) is 292 cm³/mol. The van der Waals surface area contributed by atoms with Crippen LogP contribution in [0.5, 0.6) is 0 Å². The summed E-state index contributed by atoms with van der Waals surface area (Å²) in [7, 11) is -1.20. The Morgan fingerprint density at radius 2 is 0.868 bits per heavy atom. The fourth-order valence-electron chi connectivity index (χ4n) is 9.02. The Bertz CT molecular complexity index is 2000. The zero-order valence-electron chi connectivity index (χ0n) is 39.2. The van der Waals surface area contributed by atoms with E-state index in [-0.39, 0.29) is 80.1 Å². The van der Waals surface area contributed by atoms with Gasteiger partial charge in [0.25, 0.3) is 0 Å². The fraction of sp³-hybridized carbons (Fsp3) is 0.362. The molecule has 360 valence electrons. The van der Waals surface area contributed by atoms with Crippen molar-refractivity contribution in [3.05, 3.63) is 181 Å². The van der Waals surface area contributed by atoms with Crippen LogP contribution in [0, 0.1) is 17.9 Å². The first-order valence-corrected chi connectivity index (χ1v) is 28.3. The summed E-state index contributed by atoms with van der Waals surface area (Å²) in [4.78, 5) is 11.1. The Hall–Kier alpha value is -0.945. The first kappa shape index (κ1) is 63.2. The number of hydrogen-bond acceptors (Lipinski definition) is 2. The number of carbonyl (C=O) groups is 1. The Morgan fingerprint density at radius 1 is 0.485 bits per heavy atom. The van der Waals surface area contributed by atoms with Crippen molar-refractivity contribution >= 4 is 109 Å². The van der Waals surface area contributed by atoms with Crippen LogP contribution in [0.4, 0.5) is 0 Å². The number of aliphatic hydroxyl groups is 1. The number of aldehydes is 1. The minimum absolute atomic E-state index is 0. The summed E-state index contributed by atoms with van der Waals surface area (Å²) in [5.41, 5.74) is 1.09. The van der Waals surface area contributed by atoms with Crippen molar-refractivity contribution in [2.45, 2.75) is 118 Å². The first-order valence-electron chi connectivity index (χ1n) is 23.8. The van der Waals surface area contributed by atoms with Gasteiger partial charge in [-0.1, -0.05) is 255 Å². The molecule has 4 saturated carbocycles. The van der Waals surface area contributed by atoms with Crippen LogP contribution in [-0.4, -0.2) is 44.1 Å². The summed E-state index contributed by atoms with van der Waals surface area (Å²) in [6.45, 7) is 0. The van der Waals surface area contributed by atoms with Crippen molar-refractivity contribution in [1.82, 2.24) is 0 Å². The van der Waals surface area contributed by atoms with E-state index in [2.05, 4.69) is 196 Å². The second-order valence-electron chi connectivity index (χ2n) is 17.2. The molecule has 10 heteroatoms. The molecule has 4 unspecified atom stereocenters. The van der Waals surface area contributed by atoms with Crippen molar-refractivity contribution in [2.75, 3.05) is 0 Å². The molecule has 0 heterocycles. The second-order valence-corrected chi connectivity index (χ2v) is 23.9. The molecule has 0 bridgehead atoms. The molecule has 4 aliphatic rings. The van der Waals surface area contributed by atoms with Crippen molar-refractivity contribution in [1.29, 1.82) is 0 Å². The molecule has 0 saturated heterocycles. The van der Waals surface area contributed by atoms with Crippen LogP contribution < -0.4 is 48.8 Å². The van der Waals surface area contributed by atoms with Gasteiger partial charge in [0.2, 0.25) is 0 Å². The molecule has 0 aliphatic heterocycles. The molecule has 0 radical (unpaired) electrons. The number of carbonyl (C=O) groups excluding carboxylic acids is 1. The van der Waals surface area contributed by atoms with E-state index >= 15 is 0 Å². The summed E-state index contributed by atoms with van der Waals surface area (Å²) < 4.78 is 0. The minimum Gasteiger partial charge on any atom is -1.00 e. The topological polar surface area (TPSA) is 37.3 Å². The van der Waals surface area contributed by atoms with Crippen LogP contribution in [0.1, 0.15) is 114 Å². The van der Waals surface area contributed by atoms with Crippen LogP contribution in [0.15, 0.2) is 170 Å². The van der Waals surface area contributed by atoms with Gasteiger partial charge in [0.05, 0.1) is 6.10 Å². The normalized spacial score (nSPS) is 19.1. The number of alkyl halides is 2. The standard InChI is InChI=1S/C24H24BrOP.C18H14P.C6H9BrO.2C5H10.BrH.2Fe.Mg/c25-22-16-9-15-20(22)24(26)21-14-7-8-17-23(21)27(18-10-3-1-4-11-18)19-12-5-2-6-13-19;1-4-10-16(11-5-1)19(17-12-6-2-7-13-17)18-14-8-3-9-15-18;7-6-3-1-2-5(6)4-8;2*1-2-4-5-3-1;;;;/h1-8,10-14,17,20,22,24,26H,9,15-16H2;1-14H;4-6H,1-3H2;2*1-5H2;1H;;;/q;-1;;;;;;;+2/p-1/t20?,22?,24-;;;;;;;;/m1......../s1. The molecular weight excluding hydrogens is 1170 g/mol. The van der Waals surface area contributed by atoms with E-state index in [1.54, 1.807) is 0 Å². The number of hydrogen-bond donors (Lipinski definition) is 1. The van der Waals surface area contributed by atoms with E-state index in [0.717, 1.165) is 31.1 Å². The van der Waals surface area contributed by atoms with Gasteiger partial charge in [-0.05, 0) is 73.6 Å². The Morgan fingerprint density at radius 3 is 1.22 bits per heavy atom. The van der Waals surface area contributed by atoms with Crippen LogP contribution in [0.3, 0.4) is 0 Å². The maximum Gasteiger partial charge on any atom is 2.00 e. The zero-order valence-corrected chi connectivity index (χ0v) is 49.4. The number of benzene rings is 6. The number of rotatable bonds is 9. The molecular formula is C58H67Br3Fe2MgO2P2. The summed E-state index contributed by atoms with van der Waals surface area (Å²) in [5, 5.41) is 19.2. The quantitative estimate of drug-likeness (QED) is 0.0515. The smallest absolute Gasteiger partial charge is 1.00 e. The first-order chi connectivity index (χ1) is 31.5. The third kappa shape index (κ3) is 20.5. The van der Waals surface area contributed by atoms with Crippen LogP contribution in [0.2, 0.25) is 0 Å². The van der Waals surface area contributed by atoms with Crippen molar-refractivity contribution in [3.8, 4) is 0 Å². The monoisotopic (exact) mass is 1230 g/mol. The van der Waals surface area contributed by atoms with Gasteiger partial charge in [-0.25, -0.2) is 0 Å². The largest absolute Gasteiger partial charge is 2.00 e. The number of aliphatic hydroxyl groups excluding tert-OH is 1. The second kappa shape index (κ2) is 36.9. The number of halogens is 3. The summed E-state index contributed by atoms with van der Waals surface area (Å²) in [6.07, 6.45) is 22.5. The van der Waals surface area contributed by atoms with E-state index in [0.29, 0.717) is 15.6 Å². The summed E-state index contributed by atoms with van der Waals surface area (Å²) >= 11 is 7.23. The summed E-state index contributed by atoms with van der Waals surface area (Å²) in [5.74, 6) is 0.588. The average Bonchev–Trinajstić information content (AvgIpc) is 4.23. The molecule has 6 aromatic carbocycles. The zero-order chi connectivity index (χ0) is 44.6.